The molecular weight excluding hydrogens is 235 g/mol. The average Bonchev–Trinajstić information content (AvgIpc) is 2.32. The van der Waals surface area contributed by atoms with Crippen molar-refractivity contribution in [2.24, 2.45) is 0 Å². The summed E-state index contributed by atoms with van der Waals surface area (Å²) in [7, 11) is 0. The van der Waals surface area contributed by atoms with Crippen LogP contribution in [0.15, 0.2) is 18.2 Å². The third-order valence-corrected chi connectivity index (χ3v) is 2.53. The summed E-state index contributed by atoms with van der Waals surface area (Å²) in [6.45, 7) is 5.49. The van der Waals surface area contributed by atoms with Gasteiger partial charge in [0.1, 0.15) is 11.9 Å². The number of carbonyl (C=O) groups excluding carboxylic acids is 2. The Hall–Kier alpha value is -1.91. The van der Waals surface area contributed by atoms with Gasteiger partial charge in [0.2, 0.25) is 5.91 Å². The second-order valence-corrected chi connectivity index (χ2v) is 4.05. The third kappa shape index (κ3) is 3.55. The van der Waals surface area contributed by atoms with Crippen LogP contribution in [0, 0.1) is 12.7 Å². The molecule has 1 aromatic carbocycles. The minimum atomic E-state index is -0.651. The van der Waals surface area contributed by atoms with Gasteiger partial charge in [0, 0.05) is 12.1 Å². The van der Waals surface area contributed by atoms with Crippen LogP contribution in [0.4, 0.5) is 4.39 Å². The summed E-state index contributed by atoms with van der Waals surface area (Å²) in [5.41, 5.74) is 0.678. The smallest absolute Gasteiger partial charge is 0.252 e. The van der Waals surface area contributed by atoms with Crippen molar-refractivity contribution in [3.05, 3.63) is 35.1 Å². The zero-order valence-electron chi connectivity index (χ0n) is 10.7. The standard InChI is InChI=1S/C13H17FN2O2/c1-4-15-12(17)9(3)16-13(18)10-6-5-8(2)11(14)7-10/h5-7,9H,4H2,1-3H3,(H,15,17)(H,16,18)/t9-/m1/s1. The number of rotatable bonds is 4. The van der Waals surface area contributed by atoms with Crippen LogP contribution in [0.5, 0.6) is 0 Å². The molecule has 1 atom stereocenters. The lowest BCUT2D eigenvalue weighted by Gasteiger charge is -2.13. The van der Waals surface area contributed by atoms with Gasteiger partial charge in [-0.1, -0.05) is 6.07 Å². The highest BCUT2D eigenvalue weighted by atomic mass is 19.1. The number of nitrogens with one attached hydrogen (secondary N) is 2. The first kappa shape index (κ1) is 14.2. The second kappa shape index (κ2) is 6.14. The Morgan fingerprint density at radius 1 is 1.39 bits per heavy atom. The summed E-state index contributed by atoms with van der Waals surface area (Å²) in [5.74, 6) is -1.17. The minimum Gasteiger partial charge on any atom is -0.355 e. The Bertz CT molecular complexity index is 460. The summed E-state index contributed by atoms with van der Waals surface area (Å²) >= 11 is 0. The van der Waals surface area contributed by atoms with Crippen LogP contribution in [-0.2, 0) is 4.79 Å². The number of benzene rings is 1. The molecule has 0 spiro atoms. The molecule has 0 unspecified atom stereocenters. The molecule has 1 rings (SSSR count). The molecule has 5 heteroatoms. The number of halogens is 1. The zero-order valence-corrected chi connectivity index (χ0v) is 10.7. The van der Waals surface area contributed by atoms with Gasteiger partial charge in [-0.15, -0.1) is 0 Å². The van der Waals surface area contributed by atoms with E-state index in [-0.39, 0.29) is 11.5 Å². The topological polar surface area (TPSA) is 58.2 Å². The normalized spacial score (nSPS) is 11.8. The van der Waals surface area contributed by atoms with E-state index in [1.165, 1.54) is 12.1 Å². The van der Waals surface area contributed by atoms with Gasteiger partial charge in [-0.05, 0) is 38.5 Å². The maximum atomic E-state index is 13.3. The Kier molecular flexibility index (Phi) is 4.83. The molecule has 4 nitrogen and oxygen atoms in total. The summed E-state index contributed by atoms with van der Waals surface area (Å²) in [5, 5.41) is 5.10. The van der Waals surface area contributed by atoms with Crippen molar-refractivity contribution in [2.45, 2.75) is 26.8 Å². The number of hydrogen-bond acceptors (Lipinski definition) is 2. The molecule has 98 valence electrons. The highest BCUT2D eigenvalue weighted by Gasteiger charge is 2.16. The molecule has 0 bridgehead atoms. The number of hydrogen-bond donors (Lipinski definition) is 2. The first-order chi connectivity index (χ1) is 8.45. The monoisotopic (exact) mass is 252 g/mol. The van der Waals surface area contributed by atoms with Crippen LogP contribution in [0.2, 0.25) is 0 Å². The maximum absolute atomic E-state index is 13.3. The highest BCUT2D eigenvalue weighted by Crippen LogP contribution is 2.09. The maximum Gasteiger partial charge on any atom is 0.252 e. The van der Waals surface area contributed by atoms with Gasteiger partial charge in [0.25, 0.3) is 5.91 Å². The van der Waals surface area contributed by atoms with Crippen LogP contribution < -0.4 is 10.6 Å². The Morgan fingerprint density at radius 3 is 2.61 bits per heavy atom. The molecule has 0 saturated heterocycles. The van der Waals surface area contributed by atoms with E-state index in [0.29, 0.717) is 12.1 Å². The molecule has 0 fully saturated rings. The van der Waals surface area contributed by atoms with Crippen molar-refractivity contribution in [3.8, 4) is 0 Å². The van der Waals surface area contributed by atoms with Gasteiger partial charge in [-0.2, -0.15) is 0 Å². The van der Waals surface area contributed by atoms with E-state index < -0.39 is 17.8 Å². The van der Waals surface area contributed by atoms with Gasteiger partial charge in [0.15, 0.2) is 0 Å². The fraction of sp³-hybridized carbons (Fsp3) is 0.385. The van der Waals surface area contributed by atoms with Crippen molar-refractivity contribution in [1.82, 2.24) is 10.6 Å². The Morgan fingerprint density at radius 2 is 2.06 bits per heavy atom. The minimum absolute atomic E-state index is 0.203. The predicted molar refractivity (Wildman–Crippen MR) is 66.7 cm³/mol. The molecule has 0 radical (unpaired) electrons. The zero-order chi connectivity index (χ0) is 13.7. The van der Waals surface area contributed by atoms with Crippen LogP contribution >= 0.6 is 0 Å². The third-order valence-electron chi connectivity index (χ3n) is 2.53. The van der Waals surface area contributed by atoms with Crippen molar-refractivity contribution < 1.29 is 14.0 Å². The molecule has 0 heterocycles. The van der Waals surface area contributed by atoms with Gasteiger partial charge in [-0.25, -0.2) is 4.39 Å². The van der Waals surface area contributed by atoms with Crippen molar-refractivity contribution >= 4 is 11.8 Å². The lowest BCUT2D eigenvalue weighted by atomic mass is 10.1. The first-order valence-corrected chi connectivity index (χ1v) is 5.80. The predicted octanol–water partition coefficient (Wildman–Crippen LogP) is 1.39. The van der Waals surface area contributed by atoms with E-state index in [1.807, 2.05) is 0 Å². The summed E-state index contributed by atoms with van der Waals surface area (Å²) < 4.78 is 13.3. The number of aryl methyl sites for hydroxylation is 1. The summed E-state index contributed by atoms with van der Waals surface area (Å²) in [4.78, 5) is 23.2. The van der Waals surface area contributed by atoms with Crippen molar-refractivity contribution in [2.75, 3.05) is 6.54 Å². The van der Waals surface area contributed by atoms with E-state index in [0.717, 1.165) is 6.07 Å². The van der Waals surface area contributed by atoms with E-state index in [4.69, 9.17) is 0 Å². The SMILES string of the molecule is CCNC(=O)[C@@H](C)NC(=O)c1ccc(C)c(F)c1. The lowest BCUT2D eigenvalue weighted by molar-refractivity contribution is -0.122. The van der Waals surface area contributed by atoms with Crippen molar-refractivity contribution in [3.63, 3.8) is 0 Å². The summed E-state index contributed by atoms with van der Waals surface area (Å²) in [6.07, 6.45) is 0. The van der Waals surface area contributed by atoms with E-state index >= 15 is 0 Å². The number of likely N-dealkylation sites (N-methyl/N-ethyl adjacent to an activating group) is 1. The van der Waals surface area contributed by atoms with E-state index in [1.54, 1.807) is 20.8 Å². The number of amides is 2. The van der Waals surface area contributed by atoms with Crippen LogP contribution in [0.25, 0.3) is 0 Å². The first-order valence-electron chi connectivity index (χ1n) is 5.80. The Balaban J connectivity index is 2.70. The molecule has 0 aromatic heterocycles. The highest BCUT2D eigenvalue weighted by molar-refractivity contribution is 5.97. The van der Waals surface area contributed by atoms with Gasteiger partial charge in [0.05, 0.1) is 0 Å². The van der Waals surface area contributed by atoms with Crippen LogP contribution in [-0.4, -0.2) is 24.4 Å². The molecule has 1 aromatic rings. The van der Waals surface area contributed by atoms with Gasteiger partial charge < -0.3 is 10.6 Å². The molecule has 0 saturated carbocycles. The molecule has 18 heavy (non-hydrogen) atoms. The van der Waals surface area contributed by atoms with Crippen molar-refractivity contribution in [1.29, 1.82) is 0 Å². The summed E-state index contributed by atoms with van der Waals surface area (Å²) in [6, 6.07) is 3.57. The fourth-order valence-corrected chi connectivity index (χ4v) is 1.41. The molecule has 0 aliphatic rings. The fourth-order valence-electron chi connectivity index (χ4n) is 1.41. The Labute approximate surface area is 106 Å². The largest absolute Gasteiger partial charge is 0.355 e. The second-order valence-electron chi connectivity index (χ2n) is 4.05. The molecule has 0 aliphatic heterocycles. The van der Waals surface area contributed by atoms with E-state index in [2.05, 4.69) is 10.6 Å². The quantitative estimate of drug-likeness (QED) is 0.850. The molecule has 2 amide bonds. The van der Waals surface area contributed by atoms with Crippen LogP contribution in [0.3, 0.4) is 0 Å². The molecule has 2 N–H and O–H groups in total. The van der Waals surface area contributed by atoms with Gasteiger partial charge in [-0.3, -0.25) is 9.59 Å². The van der Waals surface area contributed by atoms with E-state index in [9.17, 15) is 14.0 Å². The molecule has 0 aliphatic carbocycles. The average molecular weight is 252 g/mol. The number of carbonyl (C=O) groups is 2. The van der Waals surface area contributed by atoms with Gasteiger partial charge >= 0.3 is 0 Å². The lowest BCUT2D eigenvalue weighted by Crippen LogP contribution is -2.44. The molecular formula is C13H17FN2O2. The van der Waals surface area contributed by atoms with Crippen LogP contribution in [0.1, 0.15) is 29.8 Å².